The molecule has 0 aliphatic heterocycles. The SMILES string of the molecule is O=c1oc2cc(Oc3nc4ccccn4c3[N+](=O)[O-])ccc2c2c1CCC2. The molecule has 5 rings (SSSR count). The van der Waals surface area contributed by atoms with Crippen LogP contribution in [0.2, 0.25) is 0 Å². The average molecular weight is 363 g/mol. The summed E-state index contributed by atoms with van der Waals surface area (Å²) >= 11 is 0. The van der Waals surface area contributed by atoms with Crippen molar-refractivity contribution in [2.45, 2.75) is 19.3 Å². The summed E-state index contributed by atoms with van der Waals surface area (Å²) in [5.41, 5.74) is 2.25. The Bertz CT molecular complexity index is 1290. The van der Waals surface area contributed by atoms with Crippen LogP contribution in [-0.4, -0.2) is 14.3 Å². The third kappa shape index (κ3) is 2.37. The maximum absolute atomic E-state index is 12.1. The van der Waals surface area contributed by atoms with Gasteiger partial charge in [0.25, 0.3) is 0 Å². The first-order chi connectivity index (χ1) is 13.1. The van der Waals surface area contributed by atoms with Crippen molar-refractivity contribution in [3.8, 4) is 11.6 Å². The molecule has 0 N–H and O–H groups in total. The Morgan fingerprint density at radius 2 is 2.04 bits per heavy atom. The number of benzene rings is 1. The zero-order valence-electron chi connectivity index (χ0n) is 14.0. The molecular weight excluding hydrogens is 350 g/mol. The Morgan fingerprint density at radius 1 is 1.19 bits per heavy atom. The number of imidazole rings is 1. The van der Waals surface area contributed by atoms with Crippen LogP contribution in [0, 0.1) is 10.1 Å². The number of hydrogen-bond acceptors (Lipinski definition) is 6. The zero-order valence-corrected chi connectivity index (χ0v) is 14.0. The summed E-state index contributed by atoms with van der Waals surface area (Å²) in [4.78, 5) is 27.3. The van der Waals surface area contributed by atoms with Gasteiger partial charge in [-0.3, -0.25) is 0 Å². The van der Waals surface area contributed by atoms with Gasteiger partial charge in [-0.1, -0.05) is 6.07 Å². The molecule has 0 spiro atoms. The van der Waals surface area contributed by atoms with E-state index < -0.39 is 4.92 Å². The molecule has 0 amide bonds. The molecule has 4 aromatic rings. The monoisotopic (exact) mass is 363 g/mol. The number of fused-ring (bicyclic) bond motifs is 4. The number of nitro groups is 1. The predicted octanol–water partition coefficient (Wildman–Crippen LogP) is 3.63. The molecule has 8 heteroatoms. The van der Waals surface area contributed by atoms with Gasteiger partial charge < -0.3 is 19.3 Å². The van der Waals surface area contributed by atoms with E-state index in [1.807, 2.05) is 6.07 Å². The second-order valence-electron chi connectivity index (χ2n) is 6.39. The van der Waals surface area contributed by atoms with Crippen molar-refractivity contribution < 1.29 is 14.1 Å². The van der Waals surface area contributed by atoms with Crippen molar-refractivity contribution in [1.82, 2.24) is 9.38 Å². The summed E-state index contributed by atoms with van der Waals surface area (Å²) in [6.45, 7) is 0. The van der Waals surface area contributed by atoms with E-state index in [2.05, 4.69) is 4.98 Å². The lowest BCUT2D eigenvalue weighted by molar-refractivity contribution is -0.391. The lowest BCUT2D eigenvalue weighted by Crippen LogP contribution is -2.06. The Kier molecular flexibility index (Phi) is 3.27. The van der Waals surface area contributed by atoms with E-state index in [0.29, 0.717) is 17.0 Å². The van der Waals surface area contributed by atoms with E-state index in [9.17, 15) is 14.9 Å². The summed E-state index contributed by atoms with van der Waals surface area (Å²) in [5, 5.41) is 12.4. The maximum Gasteiger partial charge on any atom is 0.392 e. The number of pyridine rings is 1. The highest BCUT2D eigenvalue weighted by molar-refractivity contribution is 5.83. The van der Waals surface area contributed by atoms with Gasteiger partial charge in [-0.15, -0.1) is 0 Å². The minimum Gasteiger partial charge on any atom is -0.432 e. The summed E-state index contributed by atoms with van der Waals surface area (Å²) in [6.07, 6.45) is 4.07. The van der Waals surface area contributed by atoms with Gasteiger partial charge in [-0.25, -0.2) is 4.79 Å². The van der Waals surface area contributed by atoms with Gasteiger partial charge in [0.1, 0.15) is 11.3 Å². The molecule has 0 saturated heterocycles. The van der Waals surface area contributed by atoms with Gasteiger partial charge in [0.2, 0.25) is 5.65 Å². The number of nitrogens with zero attached hydrogens (tertiary/aromatic N) is 3. The molecule has 1 aromatic carbocycles. The quantitative estimate of drug-likeness (QED) is 0.313. The molecule has 0 saturated carbocycles. The van der Waals surface area contributed by atoms with Gasteiger partial charge in [0.05, 0.1) is 6.20 Å². The highest BCUT2D eigenvalue weighted by Gasteiger charge is 2.25. The van der Waals surface area contributed by atoms with Crippen LogP contribution >= 0.6 is 0 Å². The van der Waals surface area contributed by atoms with E-state index in [1.165, 1.54) is 4.40 Å². The molecule has 8 nitrogen and oxygen atoms in total. The molecule has 3 aromatic heterocycles. The van der Waals surface area contributed by atoms with E-state index in [4.69, 9.17) is 9.15 Å². The normalized spacial score (nSPS) is 13.2. The lowest BCUT2D eigenvalue weighted by atomic mass is 10.1. The molecule has 134 valence electrons. The molecule has 27 heavy (non-hydrogen) atoms. The Labute approximate surface area is 151 Å². The largest absolute Gasteiger partial charge is 0.432 e. The van der Waals surface area contributed by atoms with Crippen LogP contribution in [0.1, 0.15) is 17.5 Å². The number of ether oxygens (including phenoxy) is 1. The van der Waals surface area contributed by atoms with Crippen molar-refractivity contribution in [1.29, 1.82) is 0 Å². The number of rotatable bonds is 3. The van der Waals surface area contributed by atoms with Crippen LogP contribution < -0.4 is 10.4 Å². The minimum atomic E-state index is -0.538. The average Bonchev–Trinajstić information content (AvgIpc) is 3.26. The molecular formula is C19H13N3O5. The molecule has 3 heterocycles. The van der Waals surface area contributed by atoms with Crippen molar-refractivity contribution >= 4 is 22.4 Å². The van der Waals surface area contributed by atoms with Crippen LogP contribution in [0.15, 0.2) is 51.8 Å². The number of hydrogen-bond donors (Lipinski definition) is 0. The van der Waals surface area contributed by atoms with Crippen molar-refractivity contribution in [3.05, 3.63) is 74.3 Å². The highest BCUT2D eigenvalue weighted by atomic mass is 16.6. The summed E-state index contributed by atoms with van der Waals surface area (Å²) in [6, 6.07) is 10.2. The fourth-order valence-corrected chi connectivity index (χ4v) is 3.64. The summed E-state index contributed by atoms with van der Waals surface area (Å²) < 4.78 is 12.5. The van der Waals surface area contributed by atoms with Crippen LogP contribution in [0.4, 0.5) is 5.82 Å². The minimum absolute atomic E-state index is 0.117. The van der Waals surface area contributed by atoms with Gasteiger partial charge in [-0.05, 0) is 47.9 Å². The van der Waals surface area contributed by atoms with Crippen molar-refractivity contribution in [3.63, 3.8) is 0 Å². The van der Waals surface area contributed by atoms with Crippen LogP contribution in [-0.2, 0) is 12.8 Å². The smallest absolute Gasteiger partial charge is 0.392 e. The Morgan fingerprint density at radius 3 is 2.89 bits per heavy atom. The molecule has 1 aliphatic rings. The van der Waals surface area contributed by atoms with Crippen LogP contribution in [0.5, 0.6) is 11.6 Å². The highest BCUT2D eigenvalue weighted by Crippen LogP contribution is 2.34. The standard InChI is InChI=1S/C19H13N3O5/c23-19-14-5-3-4-12(14)13-8-7-11(10-15(13)27-19)26-17-18(22(24)25)21-9-2-1-6-16(21)20-17/h1-2,6-10H,3-5H2. The van der Waals surface area contributed by atoms with E-state index in [1.54, 1.807) is 36.5 Å². The van der Waals surface area contributed by atoms with Crippen molar-refractivity contribution in [2.75, 3.05) is 0 Å². The third-order valence-corrected chi connectivity index (χ3v) is 4.81. The molecule has 0 unspecified atom stereocenters. The lowest BCUT2D eigenvalue weighted by Gasteiger charge is -2.06. The third-order valence-electron chi connectivity index (χ3n) is 4.81. The summed E-state index contributed by atoms with van der Waals surface area (Å²) in [5.74, 6) is -0.0646. The van der Waals surface area contributed by atoms with Crippen LogP contribution in [0.3, 0.4) is 0 Å². The van der Waals surface area contributed by atoms with E-state index in [-0.39, 0.29) is 17.3 Å². The van der Waals surface area contributed by atoms with Gasteiger partial charge in [0, 0.05) is 23.1 Å². The molecule has 1 aliphatic carbocycles. The predicted molar refractivity (Wildman–Crippen MR) is 96.4 cm³/mol. The van der Waals surface area contributed by atoms with Crippen molar-refractivity contribution in [2.24, 2.45) is 0 Å². The molecule has 0 bridgehead atoms. The van der Waals surface area contributed by atoms with E-state index in [0.717, 1.165) is 35.8 Å². The Balaban J connectivity index is 1.62. The Hall–Kier alpha value is -3.68. The van der Waals surface area contributed by atoms with Crippen LogP contribution in [0.25, 0.3) is 16.6 Å². The first-order valence-corrected chi connectivity index (χ1v) is 8.50. The summed E-state index contributed by atoms with van der Waals surface area (Å²) in [7, 11) is 0. The molecule has 0 atom stereocenters. The van der Waals surface area contributed by atoms with Gasteiger partial charge >= 0.3 is 17.3 Å². The fraction of sp³-hybridized carbons (Fsp3) is 0.158. The molecule has 0 fully saturated rings. The maximum atomic E-state index is 12.1. The first-order valence-electron chi connectivity index (χ1n) is 8.50. The molecule has 0 radical (unpaired) electrons. The van der Waals surface area contributed by atoms with Gasteiger partial charge in [-0.2, -0.15) is 9.38 Å². The zero-order chi connectivity index (χ0) is 18.5. The fourth-order valence-electron chi connectivity index (χ4n) is 3.64. The van der Waals surface area contributed by atoms with E-state index >= 15 is 0 Å². The second kappa shape index (κ2) is 5.66. The number of aromatic nitrogens is 2. The first kappa shape index (κ1) is 15.6. The number of aryl methyl sites for hydroxylation is 1. The topological polar surface area (TPSA) is 99.9 Å². The van der Waals surface area contributed by atoms with Gasteiger partial charge in [0.15, 0.2) is 0 Å². The second-order valence-corrected chi connectivity index (χ2v) is 6.39.